The van der Waals surface area contributed by atoms with Gasteiger partial charge in [0, 0.05) is 6.54 Å². The van der Waals surface area contributed by atoms with E-state index in [4.69, 9.17) is 9.72 Å². The minimum absolute atomic E-state index is 0.690. The maximum atomic E-state index is 5.42. The van der Waals surface area contributed by atoms with Crippen LogP contribution < -0.4 is 10.1 Å². The highest BCUT2D eigenvalue weighted by molar-refractivity contribution is 9.10. The Balaban J connectivity index is 2.57. The Labute approximate surface area is 134 Å². The average Bonchev–Trinajstić information content (AvgIpc) is 2.51. The molecule has 0 saturated carbocycles. The van der Waals surface area contributed by atoms with Crippen molar-refractivity contribution in [2.75, 3.05) is 19.0 Å². The predicted octanol–water partition coefficient (Wildman–Crippen LogP) is 4.30. The second-order valence-electron chi connectivity index (χ2n) is 4.64. The van der Waals surface area contributed by atoms with Crippen LogP contribution >= 0.6 is 15.9 Å². The molecule has 0 fully saturated rings. The molecule has 0 aliphatic heterocycles. The number of rotatable bonds is 6. The maximum Gasteiger partial charge on any atom is 0.165 e. The lowest BCUT2D eigenvalue weighted by atomic mass is 10.1. The minimum atomic E-state index is 0.690. The summed E-state index contributed by atoms with van der Waals surface area (Å²) in [5.41, 5.74) is 1.92. The Morgan fingerprint density at radius 2 is 1.95 bits per heavy atom. The lowest BCUT2D eigenvalue weighted by molar-refractivity contribution is 0.416. The second kappa shape index (κ2) is 7.41. The molecule has 0 saturated heterocycles. The Kier molecular flexibility index (Phi) is 5.56. The van der Waals surface area contributed by atoms with Gasteiger partial charge in [-0.25, -0.2) is 9.97 Å². The summed E-state index contributed by atoms with van der Waals surface area (Å²) in [5, 5.41) is 3.28. The van der Waals surface area contributed by atoms with Gasteiger partial charge in [-0.05, 0) is 41.4 Å². The van der Waals surface area contributed by atoms with Crippen molar-refractivity contribution in [2.24, 2.45) is 0 Å². The van der Waals surface area contributed by atoms with E-state index in [9.17, 15) is 0 Å². The zero-order chi connectivity index (χ0) is 15.2. The smallest absolute Gasteiger partial charge is 0.165 e. The first-order valence-electron chi connectivity index (χ1n) is 7.14. The fourth-order valence-corrected chi connectivity index (χ4v) is 2.65. The van der Waals surface area contributed by atoms with Gasteiger partial charge in [-0.2, -0.15) is 0 Å². The van der Waals surface area contributed by atoms with E-state index in [0.717, 1.165) is 46.7 Å². The van der Waals surface area contributed by atoms with E-state index in [2.05, 4.69) is 40.1 Å². The summed E-state index contributed by atoms with van der Waals surface area (Å²) in [6, 6.07) is 7.82. The molecule has 0 spiro atoms. The number of nitrogens with zero attached hydrogens (tertiary/aromatic N) is 2. The van der Waals surface area contributed by atoms with E-state index in [1.807, 2.05) is 24.3 Å². The van der Waals surface area contributed by atoms with Gasteiger partial charge in [0.1, 0.15) is 11.6 Å². The van der Waals surface area contributed by atoms with Crippen LogP contribution in [0.25, 0.3) is 11.4 Å². The molecule has 0 bridgehead atoms. The largest absolute Gasteiger partial charge is 0.496 e. The lowest BCUT2D eigenvalue weighted by Crippen LogP contribution is -2.06. The fraction of sp³-hybridized carbons (Fsp3) is 0.375. The third-order valence-electron chi connectivity index (χ3n) is 3.10. The van der Waals surface area contributed by atoms with Crippen molar-refractivity contribution in [2.45, 2.75) is 26.7 Å². The Hall–Kier alpha value is -1.62. The molecule has 112 valence electrons. The number of aryl methyl sites for hydroxylation is 1. The molecule has 0 radical (unpaired) electrons. The van der Waals surface area contributed by atoms with Gasteiger partial charge >= 0.3 is 0 Å². The van der Waals surface area contributed by atoms with Gasteiger partial charge in [-0.3, -0.25) is 0 Å². The molecule has 0 unspecified atom stereocenters. The molecule has 4 nitrogen and oxygen atoms in total. The molecular weight excluding hydrogens is 330 g/mol. The molecule has 1 N–H and O–H groups in total. The van der Waals surface area contributed by atoms with Crippen molar-refractivity contribution >= 4 is 21.7 Å². The lowest BCUT2D eigenvalue weighted by Gasteiger charge is -2.13. The number of halogens is 1. The van der Waals surface area contributed by atoms with Crippen molar-refractivity contribution in [1.82, 2.24) is 9.97 Å². The van der Waals surface area contributed by atoms with E-state index in [0.29, 0.717) is 5.82 Å². The van der Waals surface area contributed by atoms with Gasteiger partial charge in [-0.1, -0.05) is 25.5 Å². The van der Waals surface area contributed by atoms with Crippen LogP contribution in [-0.2, 0) is 6.42 Å². The highest BCUT2D eigenvalue weighted by Crippen LogP contribution is 2.32. The van der Waals surface area contributed by atoms with E-state index < -0.39 is 0 Å². The number of ether oxygens (including phenoxy) is 1. The number of benzene rings is 1. The van der Waals surface area contributed by atoms with E-state index in [1.165, 1.54) is 0 Å². The molecule has 5 heteroatoms. The van der Waals surface area contributed by atoms with Crippen LogP contribution in [-0.4, -0.2) is 23.6 Å². The van der Waals surface area contributed by atoms with Crippen LogP contribution in [0.15, 0.2) is 28.7 Å². The first-order valence-corrected chi connectivity index (χ1v) is 7.94. The molecular formula is C16H20BrN3O. The number of hydrogen-bond acceptors (Lipinski definition) is 4. The zero-order valence-corrected chi connectivity index (χ0v) is 14.2. The summed E-state index contributed by atoms with van der Waals surface area (Å²) in [4.78, 5) is 9.34. The SMILES string of the molecule is CCCc1nc(-c2ccccc2OC)nc(NCC)c1Br. The molecule has 0 atom stereocenters. The van der Waals surface area contributed by atoms with Gasteiger partial charge < -0.3 is 10.1 Å². The molecule has 1 heterocycles. The molecule has 21 heavy (non-hydrogen) atoms. The first-order chi connectivity index (χ1) is 10.2. The highest BCUT2D eigenvalue weighted by atomic mass is 79.9. The van der Waals surface area contributed by atoms with Crippen LogP contribution in [0, 0.1) is 0 Å². The summed E-state index contributed by atoms with van der Waals surface area (Å²) in [6.45, 7) is 5.01. The van der Waals surface area contributed by atoms with Gasteiger partial charge in [-0.15, -0.1) is 0 Å². The normalized spacial score (nSPS) is 10.5. The van der Waals surface area contributed by atoms with Crippen LogP contribution in [0.4, 0.5) is 5.82 Å². The van der Waals surface area contributed by atoms with Crippen molar-refractivity contribution in [3.63, 3.8) is 0 Å². The third kappa shape index (κ3) is 3.53. The summed E-state index contributed by atoms with van der Waals surface area (Å²) in [7, 11) is 1.66. The van der Waals surface area contributed by atoms with Gasteiger partial charge in [0.15, 0.2) is 5.82 Å². The van der Waals surface area contributed by atoms with Gasteiger partial charge in [0.05, 0.1) is 22.8 Å². The van der Waals surface area contributed by atoms with Gasteiger partial charge in [0.2, 0.25) is 0 Å². The number of aromatic nitrogens is 2. The summed E-state index contributed by atoms with van der Waals surface area (Å²) in [6.07, 6.45) is 1.94. The number of methoxy groups -OCH3 is 1. The van der Waals surface area contributed by atoms with Crippen molar-refractivity contribution in [1.29, 1.82) is 0 Å². The number of anilines is 1. The quantitative estimate of drug-likeness (QED) is 0.844. The first kappa shape index (κ1) is 15.8. The van der Waals surface area contributed by atoms with Crippen molar-refractivity contribution in [3.8, 4) is 17.1 Å². The van der Waals surface area contributed by atoms with Crippen LogP contribution in [0.1, 0.15) is 26.0 Å². The van der Waals surface area contributed by atoms with Crippen molar-refractivity contribution in [3.05, 3.63) is 34.4 Å². The van der Waals surface area contributed by atoms with E-state index >= 15 is 0 Å². The Morgan fingerprint density at radius 3 is 2.62 bits per heavy atom. The molecule has 0 aliphatic rings. The van der Waals surface area contributed by atoms with Crippen LogP contribution in [0.5, 0.6) is 5.75 Å². The average molecular weight is 350 g/mol. The molecule has 0 aliphatic carbocycles. The molecule has 1 aromatic carbocycles. The topological polar surface area (TPSA) is 47.0 Å². The van der Waals surface area contributed by atoms with Crippen LogP contribution in [0.2, 0.25) is 0 Å². The number of para-hydroxylation sites is 1. The van der Waals surface area contributed by atoms with E-state index in [1.54, 1.807) is 7.11 Å². The number of nitrogens with one attached hydrogen (secondary N) is 1. The summed E-state index contributed by atoms with van der Waals surface area (Å²) < 4.78 is 6.37. The predicted molar refractivity (Wildman–Crippen MR) is 89.9 cm³/mol. The van der Waals surface area contributed by atoms with Crippen LogP contribution in [0.3, 0.4) is 0 Å². The number of hydrogen-bond donors (Lipinski definition) is 1. The Morgan fingerprint density at radius 1 is 1.19 bits per heavy atom. The minimum Gasteiger partial charge on any atom is -0.496 e. The summed E-state index contributed by atoms with van der Waals surface area (Å²) >= 11 is 3.61. The summed E-state index contributed by atoms with van der Waals surface area (Å²) in [5.74, 6) is 2.30. The molecule has 2 aromatic rings. The molecule has 0 amide bonds. The molecule has 2 rings (SSSR count). The highest BCUT2D eigenvalue weighted by Gasteiger charge is 2.15. The molecule has 1 aromatic heterocycles. The maximum absolute atomic E-state index is 5.42. The second-order valence-corrected chi connectivity index (χ2v) is 5.43. The zero-order valence-electron chi connectivity index (χ0n) is 12.6. The monoisotopic (exact) mass is 349 g/mol. The van der Waals surface area contributed by atoms with Crippen molar-refractivity contribution < 1.29 is 4.74 Å². The Bertz CT molecular complexity index is 589. The standard InChI is InChI=1S/C16H20BrN3O/c1-4-8-12-14(17)16(18-5-2)20-15(19-12)11-9-6-7-10-13(11)21-3/h6-7,9-10H,4-5,8H2,1-3H3,(H,18,19,20). The van der Waals surface area contributed by atoms with Gasteiger partial charge in [0.25, 0.3) is 0 Å². The van der Waals surface area contributed by atoms with E-state index in [-0.39, 0.29) is 0 Å². The third-order valence-corrected chi connectivity index (χ3v) is 3.93. The fourth-order valence-electron chi connectivity index (χ4n) is 2.13.